The zero-order valence-corrected chi connectivity index (χ0v) is 16.9. The van der Waals surface area contributed by atoms with Gasteiger partial charge in [-0.05, 0) is 60.1 Å². The van der Waals surface area contributed by atoms with Crippen molar-refractivity contribution in [1.82, 2.24) is 10.2 Å². The normalized spacial score (nSPS) is 11.0. The second kappa shape index (κ2) is 9.91. The number of hydrogen-bond donors (Lipinski definition) is 2. The molecule has 5 heteroatoms. The third kappa shape index (κ3) is 5.13. The lowest BCUT2D eigenvalue weighted by Crippen LogP contribution is -1.97. The van der Waals surface area contributed by atoms with E-state index in [4.69, 9.17) is 10.5 Å². The fourth-order valence-electron chi connectivity index (χ4n) is 2.84. The van der Waals surface area contributed by atoms with Crippen molar-refractivity contribution in [3.05, 3.63) is 27.3 Å². The van der Waals surface area contributed by atoms with Crippen molar-refractivity contribution in [3.8, 4) is 17.0 Å². The first kappa shape index (κ1) is 19.1. The van der Waals surface area contributed by atoms with Crippen LogP contribution in [0, 0.1) is 3.57 Å². The van der Waals surface area contributed by atoms with Crippen LogP contribution >= 0.6 is 22.6 Å². The van der Waals surface area contributed by atoms with Gasteiger partial charge in [0.25, 0.3) is 0 Å². The summed E-state index contributed by atoms with van der Waals surface area (Å²) < 4.78 is 6.74. The molecule has 0 bridgehead atoms. The number of nitrogen functional groups attached to an aromatic ring is 1. The van der Waals surface area contributed by atoms with Crippen LogP contribution in [-0.2, 0) is 6.42 Å². The first-order valence-corrected chi connectivity index (χ1v) is 10.0. The van der Waals surface area contributed by atoms with Crippen molar-refractivity contribution < 1.29 is 4.74 Å². The summed E-state index contributed by atoms with van der Waals surface area (Å²) in [5, 5.41) is 7.16. The Labute approximate surface area is 158 Å². The minimum Gasteiger partial charge on any atom is -0.493 e. The number of H-pyrrole nitrogens is 1. The number of anilines is 1. The molecule has 0 aliphatic carbocycles. The Morgan fingerprint density at radius 3 is 2.54 bits per heavy atom. The van der Waals surface area contributed by atoms with Gasteiger partial charge < -0.3 is 10.5 Å². The van der Waals surface area contributed by atoms with Gasteiger partial charge in [0.05, 0.1) is 15.9 Å². The number of aromatic nitrogens is 2. The van der Waals surface area contributed by atoms with Gasteiger partial charge in [0, 0.05) is 5.56 Å². The number of halogens is 1. The molecule has 0 amide bonds. The van der Waals surface area contributed by atoms with Gasteiger partial charge in [-0.2, -0.15) is 5.10 Å². The monoisotopic (exact) mass is 441 g/mol. The predicted octanol–water partition coefficient (Wildman–Crippen LogP) is 5.57. The summed E-state index contributed by atoms with van der Waals surface area (Å²) in [6.07, 6.45) is 8.99. The van der Waals surface area contributed by atoms with E-state index in [0.29, 0.717) is 12.4 Å². The third-order valence-electron chi connectivity index (χ3n) is 4.16. The molecule has 0 atom stereocenters. The molecule has 3 N–H and O–H groups in total. The molecule has 0 saturated heterocycles. The van der Waals surface area contributed by atoms with Crippen LogP contribution in [0.3, 0.4) is 0 Å². The molecule has 1 heterocycles. The van der Waals surface area contributed by atoms with E-state index in [1.807, 2.05) is 6.92 Å². The van der Waals surface area contributed by atoms with Crippen LogP contribution in [-0.4, -0.2) is 16.8 Å². The van der Waals surface area contributed by atoms with Crippen molar-refractivity contribution in [3.63, 3.8) is 0 Å². The van der Waals surface area contributed by atoms with Gasteiger partial charge in [0.1, 0.15) is 5.75 Å². The van der Waals surface area contributed by atoms with Crippen LogP contribution in [0.4, 0.5) is 5.82 Å². The number of unbranched alkanes of at least 4 members (excludes halogenated alkanes) is 5. The first-order chi connectivity index (χ1) is 11.7. The van der Waals surface area contributed by atoms with E-state index in [-0.39, 0.29) is 0 Å². The first-order valence-electron chi connectivity index (χ1n) is 8.92. The Kier molecular flexibility index (Phi) is 7.88. The van der Waals surface area contributed by atoms with E-state index in [9.17, 15) is 0 Å². The predicted molar refractivity (Wildman–Crippen MR) is 109 cm³/mol. The Hall–Kier alpha value is -1.24. The maximum atomic E-state index is 5.89. The molecule has 132 valence electrons. The second-order valence-electron chi connectivity index (χ2n) is 6.08. The molecule has 0 aliphatic rings. The third-order valence-corrected chi connectivity index (χ3v) is 5.26. The summed E-state index contributed by atoms with van der Waals surface area (Å²) in [6, 6.07) is 6.46. The van der Waals surface area contributed by atoms with Crippen molar-refractivity contribution in [1.29, 1.82) is 0 Å². The van der Waals surface area contributed by atoms with Gasteiger partial charge in [0.2, 0.25) is 0 Å². The lowest BCUT2D eigenvalue weighted by Gasteiger charge is -2.12. The quantitative estimate of drug-likeness (QED) is 0.375. The van der Waals surface area contributed by atoms with Gasteiger partial charge >= 0.3 is 0 Å². The number of aromatic amines is 1. The van der Waals surface area contributed by atoms with Crippen LogP contribution in [0.5, 0.6) is 5.75 Å². The molecule has 0 aliphatic heterocycles. The molecule has 2 rings (SSSR count). The molecular weight excluding hydrogens is 413 g/mol. The summed E-state index contributed by atoms with van der Waals surface area (Å²) >= 11 is 2.23. The molecular formula is C19H28IN3O. The average Bonchev–Trinajstić information content (AvgIpc) is 2.91. The van der Waals surface area contributed by atoms with Gasteiger partial charge in [-0.1, -0.05) is 45.1 Å². The SMILES string of the molecule is CCCCCCCCc1ccc(OCC)c(-c2[nH]nc(N)c2I)c1. The number of nitrogens with one attached hydrogen (secondary N) is 1. The second-order valence-corrected chi connectivity index (χ2v) is 7.16. The van der Waals surface area contributed by atoms with E-state index >= 15 is 0 Å². The molecule has 0 spiro atoms. The van der Waals surface area contributed by atoms with Crippen LogP contribution in [0.1, 0.15) is 57.9 Å². The number of nitrogens with zero attached hydrogens (tertiary/aromatic N) is 1. The zero-order valence-electron chi connectivity index (χ0n) is 14.7. The fourth-order valence-corrected chi connectivity index (χ4v) is 3.37. The largest absolute Gasteiger partial charge is 0.493 e. The Bertz CT molecular complexity index is 640. The number of benzene rings is 1. The number of aryl methyl sites for hydroxylation is 1. The molecule has 0 radical (unpaired) electrons. The number of hydrogen-bond acceptors (Lipinski definition) is 3. The maximum Gasteiger partial charge on any atom is 0.159 e. The average molecular weight is 441 g/mol. The van der Waals surface area contributed by atoms with Crippen LogP contribution in [0.15, 0.2) is 18.2 Å². The van der Waals surface area contributed by atoms with Gasteiger partial charge in [0.15, 0.2) is 5.82 Å². The molecule has 0 saturated carbocycles. The fraction of sp³-hybridized carbons (Fsp3) is 0.526. The van der Waals surface area contributed by atoms with Crippen LogP contribution < -0.4 is 10.5 Å². The minimum atomic E-state index is 0.536. The van der Waals surface area contributed by atoms with E-state index in [1.54, 1.807) is 0 Å². The molecule has 0 fully saturated rings. The maximum absolute atomic E-state index is 5.89. The molecule has 2 aromatic rings. The summed E-state index contributed by atoms with van der Waals surface area (Å²) in [6.45, 7) is 4.90. The molecule has 1 aromatic heterocycles. The smallest absolute Gasteiger partial charge is 0.159 e. The summed E-state index contributed by atoms with van der Waals surface area (Å²) in [5.41, 5.74) is 9.22. The topological polar surface area (TPSA) is 63.9 Å². The summed E-state index contributed by atoms with van der Waals surface area (Å²) in [5.74, 6) is 1.42. The molecule has 0 unspecified atom stereocenters. The molecule has 4 nitrogen and oxygen atoms in total. The highest BCUT2D eigenvalue weighted by Crippen LogP contribution is 2.35. The lowest BCUT2D eigenvalue weighted by molar-refractivity contribution is 0.341. The van der Waals surface area contributed by atoms with Gasteiger partial charge in [-0.15, -0.1) is 0 Å². The van der Waals surface area contributed by atoms with E-state index in [0.717, 1.165) is 27.0 Å². The van der Waals surface area contributed by atoms with E-state index in [1.165, 1.54) is 44.1 Å². The number of ether oxygens (including phenoxy) is 1. The summed E-state index contributed by atoms with van der Waals surface area (Å²) in [7, 11) is 0. The van der Waals surface area contributed by atoms with Crippen molar-refractivity contribution >= 4 is 28.4 Å². The van der Waals surface area contributed by atoms with E-state index in [2.05, 4.69) is 57.9 Å². The highest BCUT2D eigenvalue weighted by atomic mass is 127. The Balaban J connectivity index is 2.09. The number of rotatable bonds is 10. The highest BCUT2D eigenvalue weighted by Gasteiger charge is 2.15. The van der Waals surface area contributed by atoms with Crippen molar-refractivity contribution in [2.45, 2.75) is 58.8 Å². The van der Waals surface area contributed by atoms with Crippen molar-refractivity contribution in [2.75, 3.05) is 12.3 Å². The standard InChI is InChI=1S/C19H28IN3O/c1-3-5-6-7-8-9-10-14-11-12-16(24-4-2)15(13-14)18-17(20)19(21)23-22-18/h11-13H,3-10H2,1-2H3,(H3,21,22,23). The van der Waals surface area contributed by atoms with Crippen LogP contribution in [0.25, 0.3) is 11.3 Å². The van der Waals surface area contributed by atoms with Gasteiger partial charge in [-0.3, -0.25) is 5.10 Å². The minimum absolute atomic E-state index is 0.536. The Morgan fingerprint density at radius 2 is 1.88 bits per heavy atom. The van der Waals surface area contributed by atoms with Crippen molar-refractivity contribution in [2.24, 2.45) is 0 Å². The lowest BCUT2D eigenvalue weighted by atomic mass is 10.0. The zero-order chi connectivity index (χ0) is 17.4. The molecule has 24 heavy (non-hydrogen) atoms. The van der Waals surface area contributed by atoms with Crippen LogP contribution in [0.2, 0.25) is 0 Å². The molecule has 1 aromatic carbocycles. The van der Waals surface area contributed by atoms with Gasteiger partial charge in [-0.25, -0.2) is 0 Å². The number of nitrogens with two attached hydrogens (primary N) is 1. The summed E-state index contributed by atoms with van der Waals surface area (Å²) in [4.78, 5) is 0. The highest BCUT2D eigenvalue weighted by molar-refractivity contribution is 14.1. The van der Waals surface area contributed by atoms with E-state index < -0.39 is 0 Å². The Morgan fingerprint density at radius 1 is 1.12 bits per heavy atom.